The highest BCUT2D eigenvalue weighted by atomic mass is 79.9. The molecule has 2 heterocycles. The van der Waals surface area contributed by atoms with Gasteiger partial charge in [-0.15, -0.1) is 0 Å². The number of rotatable bonds is 1. The van der Waals surface area contributed by atoms with Crippen molar-refractivity contribution >= 4 is 21.8 Å². The highest BCUT2D eigenvalue weighted by Crippen LogP contribution is 2.29. The number of halogens is 2. The van der Waals surface area contributed by atoms with Crippen molar-refractivity contribution in [1.29, 1.82) is 0 Å². The second-order valence-corrected chi connectivity index (χ2v) is 5.62. The van der Waals surface area contributed by atoms with Gasteiger partial charge in [-0.3, -0.25) is 4.79 Å². The molecule has 2 unspecified atom stereocenters. The molecule has 0 saturated carbocycles. The largest absolute Gasteiger partial charge is 0.371 e. The molecule has 3 rings (SSSR count). The molecule has 0 aromatic heterocycles. The predicted molar refractivity (Wildman–Crippen MR) is 67.9 cm³/mol. The summed E-state index contributed by atoms with van der Waals surface area (Å²) in [7, 11) is 0. The summed E-state index contributed by atoms with van der Waals surface area (Å²) < 4.78 is 19.9. The van der Waals surface area contributed by atoms with E-state index in [0.717, 1.165) is 12.8 Å². The standard InChI is InChI=1S/C13H13BrFNO2/c14-10-2-1-3-11(15)12(10)13(17)16-6-8-4-5-9(7-16)18-8/h1-3,8-9H,4-7H2. The zero-order valence-electron chi connectivity index (χ0n) is 9.73. The van der Waals surface area contributed by atoms with Crippen LogP contribution in [0, 0.1) is 5.82 Å². The summed E-state index contributed by atoms with van der Waals surface area (Å²) in [6.45, 7) is 1.13. The highest BCUT2D eigenvalue weighted by Gasteiger charge is 2.36. The van der Waals surface area contributed by atoms with Crippen molar-refractivity contribution in [3.8, 4) is 0 Å². The van der Waals surface area contributed by atoms with E-state index in [1.807, 2.05) is 0 Å². The van der Waals surface area contributed by atoms with Gasteiger partial charge in [0.1, 0.15) is 5.82 Å². The second kappa shape index (κ2) is 4.63. The van der Waals surface area contributed by atoms with Crippen molar-refractivity contribution in [3.63, 3.8) is 0 Å². The Morgan fingerprint density at radius 1 is 1.33 bits per heavy atom. The fourth-order valence-electron chi connectivity index (χ4n) is 2.64. The lowest BCUT2D eigenvalue weighted by atomic mass is 10.1. The minimum absolute atomic E-state index is 0.123. The number of carbonyl (C=O) groups is 1. The van der Waals surface area contributed by atoms with Gasteiger partial charge >= 0.3 is 0 Å². The van der Waals surface area contributed by atoms with Gasteiger partial charge in [0.05, 0.1) is 17.8 Å². The minimum atomic E-state index is -0.479. The maximum atomic E-state index is 13.8. The molecule has 1 aromatic carbocycles. The Labute approximate surface area is 113 Å². The average molecular weight is 314 g/mol. The summed E-state index contributed by atoms with van der Waals surface area (Å²) in [5.74, 6) is -0.728. The third-order valence-corrected chi connectivity index (χ3v) is 4.17. The van der Waals surface area contributed by atoms with E-state index in [-0.39, 0.29) is 23.7 Å². The summed E-state index contributed by atoms with van der Waals surface area (Å²) in [5, 5.41) is 0. The zero-order valence-corrected chi connectivity index (χ0v) is 11.3. The van der Waals surface area contributed by atoms with Crippen molar-refractivity contribution in [2.45, 2.75) is 25.0 Å². The number of fused-ring (bicyclic) bond motifs is 2. The number of hydrogen-bond acceptors (Lipinski definition) is 2. The quantitative estimate of drug-likeness (QED) is 0.797. The number of ether oxygens (including phenoxy) is 1. The van der Waals surface area contributed by atoms with Crippen LogP contribution < -0.4 is 0 Å². The Bertz CT molecular complexity index is 462. The van der Waals surface area contributed by atoms with Gasteiger partial charge in [-0.1, -0.05) is 6.07 Å². The van der Waals surface area contributed by atoms with Crippen LogP contribution in [0.4, 0.5) is 4.39 Å². The molecule has 0 aliphatic carbocycles. The predicted octanol–water partition coefficient (Wildman–Crippen LogP) is 2.59. The fourth-order valence-corrected chi connectivity index (χ4v) is 3.15. The normalized spacial score (nSPS) is 26.4. The van der Waals surface area contributed by atoms with Crippen molar-refractivity contribution in [2.75, 3.05) is 13.1 Å². The maximum absolute atomic E-state index is 13.8. The van der Waals surface area contributed by atoms with E-state index in [0.29, 0.717) is 17.6 Å². The Morgan fingerprint density at radius 2 is 2.00 bits per heavy atom. The molecule has 2 fully saturated rings. The summed E-state index contributed by atoms with van der Waals surface area (Å²) in [6.07, 6.45) is 2.23. The lowest BCUT2D eigenvalue weighted by Crippen LogP contribution is -2.46. The first-order chi connectivity index (χ1) is 8.65. The molecule has 2 atom stereocenters. The summed E-state index contributed by atoms with van der Waals surface area (Å²) in [5.41, 5.74) is 0.124. The lowest BCUT2D eigenvalue weighted by molar-refractivity contribution is -0.0305. The van der Waals surface area contributed by atoms with Crippen molar-refractivity contribution in [1.82, 2.24) is 4.90 Å². The topological polar surface area (TPSA) is 29.5 Å². The van der Waals surface area contributed by atoms with Crippen LogP contribution in [-0.4, -0.2) is 36.1 Å². The number of morpholine rings is 1. The Morgan fingerprint density at radius 3 is 2.61 bits per heavy atom. The van der Waals surface area contributed by atoms with Gasteiger partial charge < -0.3 is 9.64 Å². The molecule has 0 spiro atoms. The molecular weight excluding hydrogens is 301 g/mol. The molecule has 3 nitrogen and oxygen atoms in total. The fraction of sp³-hybridized carbons (Fsp3) is 0.462. The molecule has 1 amide bonds. The van der Waals surface area contributed by atoms with Gasteiger partial charge in [-0.25, -0.2) is 4.39 Å². The number of carbonyl (C=O) groups excluding carboxylic acids is 1. The molecule has 18 heavy (non-hydrogen) atoms. The second-order valence-electron chi connectivity index (χ2n) is 4.76. The summed E-state index contributed by atoms with van der Waals surface area (Å²) >= 11 is 3.24. The van der Waals surface area contributed by atoms with Crippen LogP contribution in [0.3, 0.4) is 0 Å². The SMILES string of the molecule is O=C(c1c(F)cccc1Br)N1CC2CCC(C1)O2. The summed E-state index contributed by atoms with van der Waals surface area (Å²) in [4.78, 5) is 14.1. The van der Waals surface area contributed by atoms with Crippen molar-refractivity contribution in [3.05, 3.63) is 34.1 Å². The lowest BCUT2D eigenvalue weighted by Gasteiger charge is -2.32. The Kier molecular flexibility index (Phi) is 3.11. The molecule has 96 valence electrons. The molecule has 2 bridgehead atoms. The number of benzene rings is 1. The number of amides is 1. The smallest absolute Gasteiger partial charge is 0.258 e. The highest BCUT2D eigenvalue weighted by molar-refractivity contribution is 9.10. The van der Waals surface area contributed by atoms with Gasteiger partial charge in [0, 0.05) is 17.6 Å². The van der Waals surface area contributed by atoms with Crippen LogP contribution in [0.25, 0.3) is 0 Å². The molecule has 2 aliphatic heterocycles. The van der Waals surface area contributed by atoms with Crippen molar-refractivity contribution < 1.29 is 13.9 Å². The molecule has 5 heteroatoms. The van der Waals surface area contributed by atoms with Crippen LogP contribution in [0.1, 0.15) is 23.2 Å². The van der Waals surface area contributed by atoms with Gasteiger partial charge in [-0.05, 0) is 40.9 Å². The molecule has 0 radical (unpaired) electrons. The van der Waals surface area contributed by atoms with E-state index in [4.69, 9.17) is 4.74 Å². The Hall–Kier alpha value is -0.940. The van der Waals surface area contributed by atoms with E-state index in [2.05, 4.69) is 15.9 Å². The molecule has 0 N–H and O–H groups in total. The number of nitrogens with zero attached hydrogens (tertiary/aromatic N) is 1. The monoisotopic (exact) mass is 313 g/mol. The van der Waals surface area contributed by atoms with Gasteiger partial charge in [-0.2, -0.15) is 0 Å². The molecule has 2 aliphatic rings. The molecule has 1 aromatic rings. The van der Waals surface area contributed by atoms with Crippen LogP contribution in [-0.2, 0) is 4.74 Å². The zero-order chi connectivity index (χ0) is 12.7. The number of hydrogen-bond donors (Lipinski definition) is 0. The first kappa shape index (κ1) is 12.1. The third kappa shape index (κ3) is 2.06. The summed E-state index contributed by atoms with van der Waals surface area (Å²) in [6, 6.07) is 4.58. The van der Waals surface area contributed by atoms with Gasteiger partial charge in [0.25, 0.3) is 5.91 Å². The number of likely N-dealkylation sites (tertiary alicyclic amines) is 1. The van der Waals surface area contributed by atoms with E-state index in [1.165, 1.54) is 6.07 Å². The first-order valence-electron chi connectivity index (χ1n) is 6.04. The van der Waals surface area contributed by atoms with Crippen LogP contribution in [0.15, 0.2) is 22.7 Å². The maximum Gasteiger partial charge on any atom is 0.258 e. The first-order valence-corrected chi connectivity index (χ1v) is 6.83. The van der Waals surface area contributed by atoms with E-state index >= 15 is 0 Å². The van der Waals surface area contributed by atoms with E-state index in [9.17, 15) is 9.18 Å². The van der Waals surface area contributed by atoms with Crippen LogP contribution in [0.5, 0.6) is 0 Å². The average Bonchev–Trinajstić information content (AvgIpc) is 2.68. The van der Waals surface area contributed by atoms with Crippen LogP contribution in [0.2, 0.25) is 0 Å². The third-order valence-electron chi connectivity index (χ3n) is 3.51. The van der Waals surface area contributed by atoms with Crippen molar-refractivity contribution in [2.24, 2.45) is 0 Å². The minimum Gasteiger partial charge on any atom is -0.371 e. The van der Waals surface area contributed by atoms with Gasteiger partial charge in [0.2, 0.25) is 0 Å². The van der Waals surface area contributed by atoms with E-state index in [1.54, 1.807) is 17.0 Å². The Balaban J connectivity index is 1.86. The van der Waals surface area contributed by atoms with E-state index < -0.39 is 5.82 Å². The molecular formula is C13H13BrFNO2. The molecule has 2 saturated heterocycles. The van der Waals surface area contributed by atoms with Crippen LogP contribution >= 0.6 is 15.9 Å². The van der Waals surface area contributed by atoms with Gasteiger partial charge in [0.15, 0.2) is 0 Å².